The van der Waals surface area contributed by atoms with Gasteiger partial charge in [-0.1, -0.05) is 12.1 Å². The highest BCUT2D eigenvalue weighted by atomic mass is 19.4. The first-order chi connectivity index (χ1) is 11.4. The normalized spacial score (nSPS) is 19.1. The molecule has 2 heterocycles. The fraction of sp³-hybridized carbons (Fsp3) is 0.333. The molecular formula is C15H15F3N4O2. The van der Waals surface area contributed by atoms with Gasteiger partial charge in [-0.05, 0) is 23.8 Å². The minimum absolute atomic E-state index is 0.190. The van der Waals surface area contributed by atoms with Gasteiger partial charge in [0.1, 0.15) is 11.8 Å². The molecule has 3 rings (SSSR count). The van der Waals surface area contributed by atoms with E-state index in [4.69, 9.17) is 0 Å². The molecular weight excluding hydrogens is 325 g/mol. The molecule has 128 valence electrons. The Morgan fingerprint density at radius 2 is 2.00 bits per heavy atom. The summed E-state index contributed by atoms with van der Waals surface area (Å²) in [6.07, 6.45) is -3.12. The Kier molecular flexibility index (Phi) is 4.43. The van der Waals surface area contributed by atoms with E-state index in [1.807, 2.05) is 11.0 Å². The third-order valence-electron chi connectivity index (χ3n) is 3.67. The number of alkyl halides is 3. The molecule has 2 N–H and O–H groups in total. The first-order valence-electron chi connectivity index (χ1n) is 7.28. The van der Waals surface area contributed by atoms with Crippen molar-refractivity contribution in [1.29, 1.82) is 0 Å². The number of hydrogen-bond acceptors (Lipinski definition) is 4. The second-order valence-electron chi connectivity index (χ2n) is 5.36. The van der Waals surface area contributed by atoms with Crippen LogP contribution < -0.4 is 10.1 Å². The molecule has 2 aromatic rings. The molecule has 0 saturated carbocycles. The minimum atomic E-state index is -4.74. The van der Waals surface area contributed by atoms with Gasteiger partial charge < -0.3 is 10.1 Å². The van der Waals surface area contributed by atoms with E-state index < -0.39 is 12.4 Å². The standard InChI is InChI=1S/C15H15F3N4O2/c16-15(17,18)24-12-3-1-10(2-4-12)13-14(23)19-7-8-22(13)9-11-5-6-20-21-11/h1-6,13H,7-9H2,(H,19,23)(H,20,21)/t13-/m1/s1. The Morgan fingerprint density at radius 1 is 1.25 bits per heavy atom. The van der Waals surface area contributed by atoms with Crippen LogP contribution in [-0.2, 0) is 11.3 Å². The number of halogens is 3. The molecule has 0 unspecified atom stereocenters. The molecule has 1 aromatic heterocycles. The number of nitrogens with zero attached hydrogens (tertiary/aromatic N) is 2. The Morgan fingerprint density at radius 3 is 2.62 bits per heavy atom. The van der Waals surface area contributed by atoms with Crippen molar-refractivity contribution in [2.45, 2.75) is 18.9 Å². The molecule has 0 bridgehead atoms. The summed E-state index contributed by atoms with van der Waals surface area (Å²) in [4.78, 5) is 14.2. The Bertz CT molecular complexity index is 686. The zero-order valence-electron chi connectivity index (χ0n) is 12.5. The second kappa shape index (κ2) is 6.52. The lowest BCUT2D eigenvalue weighted by molar-refractivity contribution is -0.274. The van der Waals surface area contributed by atoms with Crippen LogP contribution in [0, 0.1) is 0 Å². The summed E-state index contributed by atoms with van der Waals surface area (Å²) >= 11 is 0. The van der Waals surface area contributed by atoms with Gasteiger partial charge in [-0.15, -0.1) is 13.2 Å². The summed E-state index contributed by atoms with van der Waals surface area (Å²) < 4.78 is 40.5. The number of piperazine rings is 1. The van der Waals surface area contributed by atoms with Crippen LogP contribution in [-0.4, -0.2) is 40.5 Å². The molecule has 1 aliphatic rings. The second-order valence-corrected chi connectivity index (χ2v) is 5.36. The molecule has 9 heteroatoms. The van der Waals surface area contributed by atoms with Crippen LogP contribution in [0.1, 0.15) is 17.3 Å². The van der Waals surface area contributed by atoms with E-state index in [2.05, 4.69) is 20.3 Å². The Labute approximate surface area is 135 Å². The summed E-state index contributed by atoms with van der Waals surface area (Å²) in [5.74, 6) is -0.507. The SMILES string of the molecule is O=C1NCCN(Cc2ccn[nH]2)[C@@H]1c1ccc(OC(F)(F)F)cc1. The molecule has 1 fully saturated rings. The van der Waals surface area contributed by atoms with Crippen molar-refractivity contribution in [2.75, 3.05) is 13.1 Å². The lowest BCUT2D eigenvalue weighted by atomic mass is 10.0. The van der Waals surface area contributed by atoms with Gasteiger partial charge in [0.15, 0.2) is 0 Å². The molecule has 0 spiro atoms. The molecule has 24 heavy (non-hydrogen) atoms. The van der Waals surface area contributed by atoms with Crippen LogP contribution in [0.2, 0.25) is 0 Å². The van der Waals surface area contributed by atoms with Crippen LogP contribution in [0.5, 0.6) is 5.75 Å². The van der Waals surface area contributed by atoms with E-state index in [1.165, 1.54) is 24.3 Å². The Hall–Kier alpha value is -2.55. The van der Waals surface area contributed by atoms with E-state index in [0.29, 0.717) is 25.2 Å². The van der Waals surface area contributed by atoms with Gasteiger partial charge in [-0.25, -0.2) is 0 Å². The van der Waals surface area contributed by atoms with Gasteiger partial charge >= 0.3 is 6.36 Å². The summed E-state index contributed by atoms with van der Waals surface area (Å²) in [6.45, 7) is 1.62. The van der Waals surface area contributed by atoms with Crippen molar-refractivity contribution in [1.82, 2.24) is 20.4 Å². The van der Waals surface area contributed by atoms with Gasteiger partial charge in [0.25, 0.3) is 0 Å². The summed E-state index contributed by atoms with van der Waals surface area (Å²) in [6, 6.07) is 6.58. The molecule has 6 nitrogen and oxygen atoms in total. The van der Waals surface area contributed by atoms with Crippen LogP contribution in [0.15, 0.2) is 36.5 Å². The monoisotopic (exact) mass is 340 g/mol. The number of H-pyrrole nitrogens is 1. The van der Waals surface area contributed by atoms with Gasteiger partial charge in [0.2, 0.25) is 5.91 Å². The average molecular weight is 340 g/mol. The van der Waals surface area contributed by atoms with Crippen molar-refractivity contribution in [2.24, 2.45) is 0 Å². The van der Waals surface area contributed by atoms with Gasteiger partial charge in [0, 0.05) is 31.5 Å². The van der Waals surface area contributed by atoms with Crippen molar-refractivity contribution < 1.29 is 22.7 Å². The van der Waals surface area contributed by atoms with Crippen LogP contribution in [0.3, 0.4) is 0 Å². The lowest BCUT2D eigenvalue weighted by Gasteiger charge is -2.34. The van der Waals surface area contributed by atoms with Crippen LogP contribution >= 0.6 is 0 Å². The minimum Gasteiger partial charge on any atom is -0.406 e. The topological polar surface area (TPSA) is 70.2 Å². The number of aromatic amines is 1. The summed E-state index contributed by atoms with van der Waals surface area (Å²) in [5.41, 5.74) is 1.45. The first kappa shape index (κ1) is 16.3. The maximum atomic E-state index is 12.3. The zero-order valence-corrected chi connectivity index (χ0v) is 12.5. The van der Waals surface area contributed by atoms with Crippen molar-refractivity contribution in [3.8, 4) is 5.75 Å². The van der Waals surface area contributed by atoms with Crippen molar-refractivity contribution in [3.63, 3.8) is 0 Å². The van der Waals surface area contributed by atoms with Crippen LogP contribution in [0.4, 0.5) is 13.2 Å². The molecule has 0 aliphatic carbocycles. The quantitative estimate of drug-likeness (QED) is 0.893. The third kappa shape index (κ3) is 3.85. The van der Waals surface area contributed by atoms with E-state index >= 15 is 0 Å². The molecule has 0 radical (unpaired) electrons. The summed E-state index contributed by atoms with van der Waals surface area (Å²) in [7, 11) is 0. The maximum Gasteiger partial charge on any atom is 0.573 e. The number of aromatic nitrogens is 2. The molecule has 1 aliphatic heterocycles. The third-order valence-corrected chi connectivity index (χ3v) is 3.67. The number of rotatable bonds is 4. The van der Waals surface area contributed by atoms with Crippen LogP contribution in [0.25, 0.3) is 0 Å². The van der Waals surface area contributed by atoms with E-state index in [9.17, 15) is 18.0 Å². The maximum absolute atomic E-state index is 12.3. The highest BCUT2D eigenvalue weighted by Gasteiger charge is 2.33. The van der Waals surface area contributed by atoms with Crippen molar-refractivity contribution in [3.05, 3.63) is 47.8 Å². The van der Waals surface area contributed by atoms with Gasteiger partial charge in [-0.2, -0.15) is 5.10 Å². The number of nitrogens with one attached hydrogen (secondary N) is 2. The van der Waals surface area contributed by atoms with E-state index in [0.717, 1.165) is 5.69 Å². The van der Waals surface area contributed by atoms with E-state index in [-0.39, 0.29) is 11.7 Å². The number of benzene rings is 1. The average Bonchev–Trinajstić information content (AvgIpc) is 3.00. The lowest BCUT2D eigenvalue weighted by Crippen LogP contribution is -2.49. The summed E-state index contributed by atoms with van der Waals surface area (Å²) in [5, 5.41) is 9.49. The fourth-order valence-electron chi connectivity index (χ4n) is 2.69. The molecule has 1 aromatic carbocycles. The fourth-order valence-corrected chi connectivity index (χ4v) is 2.69. The zero-order chi connectivity index (χ0) is 17.2. The largest absolute Gasteiger partial charge is 0.573 e. The number of carbonyl (C=O) groups excluding carboxylic acids is 1. The number of hydrogen-bond donors (Lipinski definition) is 2. The number of carbonyl (C=O) groups is 1. The van der Waals surface area contributed by atoms with E-state index in [1.54, 1.807) is 6.20 Å². The Balaban J connectivity index is 1.79. The molecule has 1 atom stereocenters. The number of ether oxygens (including phenoxy) is 1. The molecule has 1 saturated heterocycles. The van der Waals surface area contributed by atoms with Gasteiger partial charge in [-0.3, -0.25) is 14.8 Å². The predicted molar refractivity (Wildman–Crippen MR) is 77.9 cm³/mol. The highest BCUT2D eigenvalue weighted by Crippen LogP contribution is 2.28. The first-order valence-corrected chi connectivity index (χ1v) is 7.28. The highest BCUT2D eigenvalue weighted by molar-refractivity contribution is 5.83. The van der Waals surface area contributed by atoms with Crippen molar-refractivity contribution >= 4 is 5.91 Å². The molecule has 1 amide bonds. The predicted octanol–water partition coefficient (Wildman–Crippen LogP) is 1.98. The number of amides is 1. The smallest absolute Gasteiger partial charge is 0.406 e. The van der Waals surface area contributed by atoms with Gasteiger partial charge in [0.05, 0.1) is 0 Å².